The second-order valence-corrected chi connectivity index (χ2v) is 8.03. The molecule has 2 aromatic rings. The molecule has 3 aliphatic rings. The predicted octanol–water partition coefficient (Wildman–Crippen LogP) is 2.66. The van der Waals surface area contributed by atoms with Crippen LogP contribution in [0.2, 0.25) is 0 Å². The quantitative estimate of drug-likeness (QED) is 0.749. The van der Waals surface area contributed by atoms with Crippen molar-refractivity contribution in [1.29, 1.82) is 5.26 Å². The minimum Gasteiger partial charge on any atom is -0.492 e. The monoisotopic (exact) mass is 405 g/mol. The summed E-state index contributed by atoms with van der Waals surface area (Å²) in [5.74, 6) is 2.07. The number of nitrogens with one attached hydrogen (secondary N) is 2. The minimum absolute atomic E-state index is 0.0191. The molecule has 154 valence electrons. The number of rotatable bonds is 4. The van der Waals surface area contributed by atoms with Crippen LogP contribution in [0.15, 0.2) is 18.3 Å². The maximum absolute atomic E-state index is 9.46. The summed E-state index contributed by atoms with van der Waals surface area (Å²) in [4.78, 5) is 9.13. The Hall–Kier alpha value is -2.83. The zero-order chi connectivity index (χ0) is 20.5. The van der Waals surface area contributed by atoms with E-state index in [4.69, 9.17) is 14.0 Å². The maximum Gasteiger partial charge on any atom is 0.498 e. The molecule has 1 aliphatic carbocycles. The topological polar surface area (TPSA) is 101 Å². The molecule has 8 nitrogen and oxygen atoms in total. The highest BCUT2D eigenvalue weighted by Gasteiger charge is 2.36. The summed E-state index contributed by atoms with van der Waals surface area (Å²) in [6.45, 7) is 3.46. The Morgan fingerprint density at radius 1 is 1.20 bits per heavy atom. The van der Waals surface area contributed by atoms with E-state index in [0.717, 1.165) is 59.5 Å². The first-order valence-corrected chi connectivity index (χ1v) is 10.5. The number of nitriles is 1. The summed E-state index contributed by atoms with van der Waals surface area (Å²) in [6, 6.07) is 6.54. The van der Waals surface area contributed by atoms with E-state index < -0.39 is 0 Å². The fourth-order valence-electron chi connectivity index (χ4n) is 4.36. The van der Waals surface area contributed by atoms with Crippen LogP contribution < -0.4 is 20.8 Å². The largest absolute Gasteiger partial charge is 0.498 e. The first-order chi connectivity index (χ1) is 14.7. The Kier molecular flexibility index (Phi) is 5.19. The molecule has 2 unspecified atom stereocenters. The molecule has 0 radical (unpaired) electrons. The number of aromatic nitrogens is 2. The van der Waals surface area contributed by atoms with Crippen molar-refractivity contribution in [3.05, 3.63) is 29.5 Å². The van der Waals surface area contributed by atoms with Crippen LogP contribution >= 0.6 is 0 Å². The molecule has 2 N–H and O–H groups in total. The molecule has 5 rings (SSSR count). The van der Waals surface area contributed by atoms with Gasteiger partial charge in [-0.25, -0.2) is 4.98 Å². The van der Waals surface area contributed by atoms with Crippen LogP contribution in [0.1, 0.15) is 36.8 Å². The molecule has 30 heavy (non-hydrogen) atoms. The highest BCUT2D eigenvalue weighted by atomic mass is 16.6. The third-order valence-electron chi connectivity index (χ3n) is 5.95. The lowest BCUT2D eigenvalue weighted by atomic mass is 9.78. The van der Waals surface area contributed by atoms with E-state index in [2.05, 4.69) is 26.7 Å². The Bertz CT molecular complexity index is 995. The molecule has 1 aromatic heterocycles. The molecule has 0 spiro atoms. The Balaban J connectivity index is 1.38. The zero-order valence-electron chi connectivity index (χ0n) is 17.0. The molecule has 9 heteroatoms. The number of hydrogen-bond donors (Lipinski definition) is 2. The highest BCUT2D eigenvalue weighted by Crippen LogP contribution is 2.30. The second kappa shape index (κ2) is 8.13. The molecule has 0 saturated heterocycles. The average molecular weight is 405 g/mol. The van der Waals surface area contributed by atoms with Crippen LogP contribution in [0.4, 0.5) is 17.5 Å². The van der Waals surface area contributed by atoms with Gasteiger partial charge in [-0.05, 0) is 31.4 Å². The van der Waals surface area contributed by atoms with Crippen LogP contribution in [0.5, 0.6) is 5.75 Å². The fraction of sp³-hybridized carbons (Fsp3) is 0.476. The van der Waals surface area contributed by atoms with E-state index in [0.29, 0.717) is 25.8 Å². The van der Waals surface area contributed by atoms with Crippen molar-refractivity contribution in [1.82, 2.24) is 9.97 Å². The molecule has 1 fully saturated rings. The molecule has 1 saturated carbocycles. The van der Waals surface area contributed by atoms with Gasteiger partial charge in [0.25, 0.3) is 0 Å². The summed E-state index contributed by atoms with van der Waals surface area (Å²) in [5, 5.41) is 16.2. The van der Waals surface area contributed by atoms with Gasteiger partial charge in [-0.3, -0.25) is 0 Å². The van der Waals surface area contributed by atoms with E-state index in [1.54, 1.807) is 6.20 Å². The Morgan fingerprint density at radius 2 is 2.10 bits per heavy atom. The van der Waals surface area contributed by atoms with Crippen LogP contribution in [0.3, 0.4) is 0 Å². The van der Waals surface area contributed by atoms with Crippen molar-refractivity contribution >= 4 is 30.0 Å². The molecular weight excluding hydrogens is 381 g/mol. The first-order valence-electron chi connectivity index (χ1n) is 10.5. The van der Waals surface area contributed by atoms with E-state index >= 15 is 0 Å². The average Bonchev–Trinajstić information content (AvgIpc) is 3.05. The molecule has 1 aromatic carbocycles. The van der Waals surface area contributed by atoms with Gasteiger partial charge in [-0.15, -0.1) is 0 Å². The van der Waals surface area contributed by atoms with Gasteiger partial charge < -0.3 is 24.7 Å². The lowest BCUT2D eigenvalue weighted by molar-refractivity contribution is 0.180. The highest BCUT2D eigenvalue weighted by molar-refractivity contribution is 6.64. The number of ether oxygens (including phenoxy) is 1. The summed E-state index contributed by atoms with van der Waals surface area (Å²) in [6.07, 6.45) is 5.97. The summed E-state index contributed by atoms with van der Waals surface area (Å²) in [7, 11) is -0.346. The van der Waals surface area contributed by atoms with Crippen molar-refractivity contribution in [3.8, 4) is 11.8 Å². The molecular formula is C21H24BN5O3. The standard InChI is InChI=1S/C21H24BN5O3/c1-13-11-24-21(27-20(13)26-17-5-3-2-4-14(17)10-23)25-16-8-15-12-30-22-19(15)18(9-16)28-6-7-29-22/h8-9,11,14,17H,2-7,12H2,1H3,(H2,24,25,26,27). The van der Waals surface area contributed by atoms with Crippen LogP contribution in [0.25, 0.3) is 0 Å². The molecule has 0 bridgehead atoms. The number of anilines is 3. The minimum atomic E-state index is -0.346. The van der Waals surface area contributed by atoms with Gasteiger partial charge in [-0.1, -0.05) is 12.8 Å². The van der Waals surface area contributed by atoms with E-state index in [9.17, 15) is 5.26 Å². The number of hydrogen-bond acceptors (Lipinski definition) is 8. The van der Waals surface area contributed by atoms with Crippen molar-refractivity contribution in [3.63, 3.8) is 0 Å². The Morgan fingerprint density at radius 3 is 3.00 bits per heavy atom. The van der Waals surface area contributed by atoms with E-state index in [1.165, 1.54) is 0 Å². The first kappa shape index (κ1) is 19.2. The van der Waals surface area contributed by atoms with E-state index in [-0.39, 0.29) is 19.1 Å². The van der Waals surface area contributed by atoms with Crippen molar-refractivity contribution in [2.24, 2.45) is 5.92 Å². The summed E-state index contributed by atoms with van der Waals surface area (Å²) in [5.41, 5.74) is 3.83. The maximum atomic E-state index is 9.46. The lowest BCUT2D eigenvalue weighted by Gasteiger charge is -2.28. The van der Waals surface area contributed by atoms with Gasteiger partial charge in [0.05, 0.1) is 25.2 Å². The van der Waals surface area contributed by atoms with Crippen LogP contribution in [-0.4, -0.2) is 36.3 Å². The van der Waals surface area contributed by atoms with Gasteiger partial charge in [0.15, 0.2) is 0 Å². The van der Waals surface area contributed by atoms with Gasteiger partial charge >= 0.3 is 7.12 Å². The lowest BCUT2D eigenvalue weighted by Crippen LogP contribution is -2.32. The normalized spacial score (nSPS) is 22.5. The zero-order valence-corrected chi connectivity index (χ0v) is 17.0. The number of nitrogens with zero attached hydrogens (tertiary/aromatic N) is 3. The van der Waals surface area contributed by atoms with Gasteiger partial charge in [0.1, 0.15) is 18.2 Å². The molecule has 3 heterocycles. The van der Waals surface area contributed by atoms with Crippen molar-refractivity contribution in [2.45, 2.75) is 45.3 Å². The smallest absolute Gasteiger partial charge is 0.492 e. The molecule has 2 atom stereocenters. The van der Waals surface area contributed by atoms with Crippen LogP contribution in [0, 0.1) is 24.2 Å². The van der Waals surface area contributed by atoms with Gasteiger partial charge in [0, 0.05) is 35.0 Å². The summed E-state index contributed by atoms with van der Waals surface area (Å²) < 4.78 is 17.3. The van der Waals surface area contributed by atoms with Gasteiger partial charge in [0.2, 0.25) is 5.95 Å². The van der Waals surface area contributed by atoms with Crippen molar-refractivity contribution in [2.75, 3.05) is 23.8 Å². The Labute approximate surface area is 176 Å². The van der Waals surface area contributed by atoms with Crippen molar-refractivity contribution < 1.29 is 14.0 Å². The SMILES string of the molecule is Cc1cnc(Nc2cc3c4c(c2)OCCOB4OC3)nc1NC1CCCCC1C#N. The number of aryl methyl sites for hydroxylation is 1. The molecule has 2 aliphatic heterocycles. The van der Waals surface area contributed by atoms with E-state index in [1.807, 2.05) is 19.1 Å². The third-order valence-corrected chi connectivity index (χ3v) is 5.95. The van der Waals surface area contributed by atoms with Gasteiger partial charge in [-0.2, -0.15) is 10.2 Å². The summed E-state index contributed by atoms with van der Waals surface area (Å²) >= 11 is 0. The fourth-order valence-corrected chi connectivity index (χ4v) is 4.36. The predicted molar refractivity (Wildman–Crippen MR) is 113 cm³/mol. The number of benzene rings is 1. The second-order valence-electron chi connectivity index (χ2n) is 8.03. The van der Waals surface area contributed by atoms with Crippen LogP contribution in [-0.2, 0) is 15.9 Å². The molecule has 0 amide bonds. The third kappa shape index (κ3) is 3.69.